The Balaban J connectivity index is 0.00000289. The Labute approximate surface area is 206 Å². The molecule has 4 rings (SSSR count). The van der Waals surface area contributed by atoms with Crippen LogP contribution in [-0.2, 0) is 17.8 Å². The molecule has 0 spiro atoms. The van der Waals surface area contributed by atoms with Gasteiger partial charge in [0.2, 0.25) is 0 Å². The summed E-state index contributed by atoms with van der Waals surface area (Å²) in [6, 6.07) is 14.5. The summed E-state index contributed by atoms with van der Waals surface area (Å²) in [4.78, 5) is 8.80. The summed E-state index contributed by atoms with van der Waals surface area (Å²) < 4.78 is 13.8. The van der Waals surface area contributed by atoms with Crippen LogP contribution in [0.5, 0.6) is 5.75 Å². The van der Waals surface area contributed by atoms with Gasteiger partial charge in [0.1, 0.15) is 11.9 Å². The molecule has 0 bridgehead atoms. The largest absolute Gasteiger partial charge is 0.488 e. The van der Waals surface area contributed by atoms with Gasteiger partial charge in [0.25, 0.3) is 0 Å². The van der Waals surface area contributed by atoms with Gasteiger partial charge in [-0.15, -0.1) is 24.0 Å². The van der Waals surface area contributed by atoms with Gasteiger partial charge in [-0.25, -0.2) is 4.98 Å². The summed E-state index contributed by atoms with van der Waals surface area (Å²) in [7, 11) is 1.79. The molecule has 1 aliphatic rings. The lowest BCUT2D eigenvalue weighted by atomic mass is 10.1. The van der Waals surface area contributed by atoms with E-state index in [2.05, 4.69) is 56.4 Å². The van der Waals surface area contributed by atoms with Gasteiger partial charge in [0.05, 0.1) is 30.6 Å². The maximum atomic E-state index is 6.19. The van der Waals surface area contributed by atoms with Gasteiger partial charge in [-0.05, 0) is 37.1 Å². The third kappa shape index (κ3) is 6.35. The number of rotatable bonds is 8. The molecule has 1 unspecified atom stereocenters. The van der Waals surface area contributed by atoms with Gasteiger partial charge in [0.15, 0.2) is 5.96 Å². The number of hydrogen-bond donors (Lipinski definition) is 2. The SMILES string of the molecule is CN=C(NCCCn1cnc2ccccc21)NCc1ccc(C)cc1OC1CCOC1.I. The number of imidazole rings is 1. The molecule has 2 aromatic carbocycles. The lowest BCUT2D eigenvalue weighted by Crippen LogP contribution is -2.37. The number of aryl methyl sites for hydroxylation is 2. The fourth-order valence-electron chi connectivity index (χ4n) is 3.75. The van der Waals surface area contributed by atoms with Crippen LogP contribution < -0.4 is 15.4 Å². The van der Waals surface area contributed by atoms with Crippen molar-refractivity contribution in [3.8, 4) is 5.75 Å². The summed E-state index contributed by atoms with van der Waals surface area (Å²) in [5.41, 5.74) is 4.51. The molecule has 2 heterocycles. The van der Waals surface area contributed by atoms with E-state index in [-0.39, 0.29) is 30.1 Å². The van der Waals surface area contributed by atoms with Crippen molar-refractivity contribution in [1.82, 2.24) is 20.2 Å². The Morgan fingerprint density at radius 2 is 2.12 bits per heavy atom. The normalized spacial score (nSPS) is 16.1. The Morgan fingerprint density at radius 1 is 1.25 bits per heavy atom. The number of halogens is 1. The second-order valence-corrected chi connectivity index (χ2v) is 7.85. The lowest BCUT2D eigenvalue weighted by Gasteiger charge is -2.18. The van der Waals surface area contributed by atoms with Crippen LogP contribution in [0, 0.1) is 6.92 Å². The van der Waals surface area contributed by atoms with E-state index in [0.717, 1.165) is 55.3 Å². The molecule has 0 aliphatic carbocycles. The molecule has 1 atom stereocenters. The van der Waals surface area contributed by atoms with Gasteiger partial charge >= 0.3 is 0 Å². The molecule has 7 nitrogen and oxygen atoms in total. The van der Waals surface area contributed by atoms with Gasteiger partial charge in [-0.3, -0.25) is 4.99 Å². The fourth-order valence-corrected chi connectivity index (χ4v) is 3.75. The maximum absolute atomic E-state index is 6.19. The molecule has 1 aliphatic heterocycles. The molecule has 0 saturated carbocycles. The highest BCUT2D eigenvalue weighted by Gasteiger charge is 2.18. The Kier molecular flexibility index (Phi) is 9.16. The third-order valence-corrected chi connectivity index (χ3v) is 5.47. The van der Waals surface area contributed by atoms with E-state index in [4.69, 9.17) is 9.47 Å². The first-order valence-corrected chi connectivity index (χ1v) is 10.9. The van der Waals surface area contributed by atoms with E-state index < -0.39 is 0 Å². The highest BCUT2D eigenvalue weighted by atomic mass is 127. The van der Waals surface area contributed by atoms with Crippen molar-refractivity contribution in [3.63, 3.8) is 0 Å². The molecule has 1 saturated heterocycles. The second-order valence-electron chi connectivity index (χ2n) is 7.85. The minimum absolute atomic E-state index is 0. The number of aliphatic imine (C=N–C) groups is 1. The van der Waals surface area contributed by atoms with E-state index in [1.807, 2.05) is 24.5 Å². The molecular formula is C24H32IN5O2. The number of aromatic nitrogens is 2. The van der Waals surface area contributed by atoms with Crippen molar-refractivity contribution in [2.24, 2.45) is 4.99 Å². The van der Waals surface area contributed by atoms with E-state index in [0.29, 0.717) is 13.2 Å². The zero-order chi connectivity index (χ0) is 21.5. The van der Waals surface area contributed by atoms with Crippen molar-refractivity contribution in [3.05, 3.63) is 59.9 Å². The molecule has 0 radical (unpaired) electrons. The van der Waals surface area contributed by atoms with Crippen LogP contribution in [0.2, 0.25) is 0 Å². The molecule has 2 N–H and O–H groups in total. The molecule has 1 aromatic heterocycles. The van der Waals surface area contributed by atoms with Crippen molar-refractivity contribution >= 4 is 41.0 Å². The quantitative estimate of drug-likeness (QED) is 0.193. The van der Waals surface area contributed by atoms with Crippen LogP contribution >= 0.6 is 24.0 Å². The van der Waals surface area contributed by atoms with Crippen molar-refractivity contribution in [2.45, 2.75) is 39.0 Å². The van der Waals surface area contributed by atoms with Gasteiger partial charge in [-0.1, -0.05) is 24.3 Å². The summed E-state index contributed by atoms with van der Waals surface area (Å²) in [6.07, 6.45) is 3.96. The average molecular weight is 549 g/mol. The zero-order valence-electron chi connectivity index (χ0n) is 18.7. The van der Waals surface area contributed by atoms with Crippen LogP contribution in [0.3, 0.4) is 0 Å². The highest BCUT2D eigenvalue weighted by molar-refractivity contribution is 14.0. The number of ether oxygens (including phenoxy) is 2. The predicted molar refractivity (Wildman–Crippen MR) is 139 cm³/mol. The number of hydrogen-bond acceptors (Lipinski definition) is 4. The fraction of sp³-hybridized carbons (Fsp3) is 0.417. The number of fused-ring (bicyclic) bond motifs is 1. The van der Waals surface area contributed by atoms with Crippen LogP contribution in [0.1, 0.15) is 24.0 Å². The van der Waals surface area contributed by atoms with Crippen LogP contribution in [0.4, 0.5) is 0 Å². The summed E-state index contributed by atoms with van der Waals surface area (Å²) in [6.45, 7) is 5.90. The number of benzene rings is 2. The summed E-state index contributed by atoms with van der Waals surface area (Å²) in [5, 5.41) is 6.80. The Morgan fingerprint density at radius 3 is 2.94 bits per heavy atom. The molecule has 1 fully saturated rings. The predicted octanol–water partition coefficient (Wildman–Crippen LogP) is 3.89. The minimum atomic E-state index is 0. The van der Waals surface area contributed by atoms with Gasteiger partial charge in [0, 0.05) is 38.7 Å². The standard InChI is InChI=1S/C24H31N5O2.HI/c1-18-8-9-19(23(14-18)31-20-10-13-30-16-20)15-27-24(25-2)26-11-5-12-29-17-28-21-6-3-4-7-22(21)29;/h3-4,6-9,14,17,20H,5,10-13,15-16H2,1-2H3,(H2,25,26,27);1H. The monoisotopic (exact) mass is 549 g/mol. The van der Waals surface area contributed by atoms with E-state index in [9.17, 15) is 0 Å². The topological polar surface area (TPSA) is 72.7 Å². The third-order valence-electron chi connectivity index (χ3n) is 5.47. The summed E-state index contributed by atoms with van der Waals surface area (Å²) >= 11 is 0. The first-order chi connectivity index (χ1) is 15.2. The second kappa shape index (κ2) is 12.1. The molecule has 3 aromatic rings. The van der Waals surface area contributed by atoms with Crippen molar-refractivity contribution in [1.29, 1.82) is 0 Å². The molecule has 8 heteroatoms. The highest BCUT2D eigenvalue weighted by Crippen LogP contribution is 2.23. The van der Waals surface area contributed by atoms with E-state index in [1.165, 1.54) is 11.1 Å². The molecular weight excluding hydrogens is 517 g/mol. The first-order valence-electron chi connectivity index (χ1n) is 10.9. The number of nitrogens with one attached hydrogen (secondary N) is 2. The molecule has 0 amide bonds. The number of guanidine groups is 1. The van der Waals surface area contributed by atoms with E-state index in [1.54, 1.807) is 7.05 Å². The van der Waals surface area contributed by atoms with E-state index >= 15 is 0 Å². The Hall–Kier alpha value is -2.33. The Bertz CT molecular complexity index is 1030. The smallest absolute Gasteiger partial charge is 0.191 e. The number of nitrogens with zero attached hydrogens (tertiary/aromatic N) is 3. The first kappa shape index (κ1) is 24.3. The van der Waals surface area contributed by atoms with Gasteiger partial charge in [-0.2, -0.15) is 0 Å². The molecule has 172 valence electrons. The van der Waals surface area contributed by atoms with Crippen LogP contribution in [0.15, 0.2) is 53.8 Å². The maximum Gasteiger partial charge on any atom is 0.191 e. The van der Waals surface area contributed by atoms with Crippen molar-refractivity contribution in [2.75, 3.05) is 26.8 Å². The van der Waals surface area contributed by atoms with Crippen LogP contribution in [-0.4, -0.2) is 48.4 Å². The van der Waals surface area contributed by atoms with Crippen molar-refractivity contribution < 1.29 is 9.47 Å². The zero-order valence-corrected chi connectivity index (χ0v) is 21.0. The summed E-state index contributed by atoms with van der Waals surface area (Å²) in [5.74, 6) is 1.71. The lowest BCUT2D eigenvalue weighted by molar-refractivity contribution is 0.140. The minimum Gasteiger partial charge on any atom is -0.488 e. The average Bonchev–Trinajstić information content (AvgIpc) is 3.44. The van der Waals surface area contributed by atoms with Gasteiger partial charge < -0.3 is 24.7 Å². The van der Waals surface area contributed by atoms with Crippen LogP contribution in [0.25, 0.3) is 11.0 Å². The number of para-hydroxylation sites is 2. The molecule has 32 heavy (non-hydrogen) atoms.